The first-order chi connectivity index (χ1) is 10.7. The summed E-state index contributed by atoms with van der Waals surface area (Å²) in [6, 6.07) is 17.5. The first-order valence-corrected chi connectivity index (χ1v) is 7.02. The van der Waals surface area contributed by atoms with Gasteiger partial charge in [0.25, 0.3) is 6.01 Å². The Bertz CT molecular complexity index is 721. The van der Waals surface area contributed by atoms with Crippen LogP contribution in [0, 0.1) is 0 Å². The van der Waals surface area contributed by atoms with E-state index < -0.39 is 0 Å². The minimum absolute atomic E-state index is 0.152. The van der Waals surface area contributed by atoms with Crippen LogP contribution in [0.4, 0.5) is 11.7 Å². The van der Waals surface area contributed by atoms with E-state index in [4.69, 9.17) is 14.9 Å². The lowest BCUT2D eigenvalue weighted by molar-refractivity contribution is 0.483. The molecule has 0 aliphatic carbocycles. The number of oxazole rings is 1. The van der Waals surface area contributed by atoms with Gasteiger partial charge in [-0.05, 0) is 43.3 Å². The Labute approximate surface area is 128 Å². The molecule has 0 fully saturated rings. The number of hydrogen-bond donors (Lipinski definition) is 2. The second kappa shape index (κ2) is 6.32. The molecular formula is C17H17N3O2. The summed E-state index contributed by atoms with van der Waals surface area (Å²) in [7, 11) is 0. The highest BCUT2D eigenvalue weighted by Crippen LogP contribution is 2.24. The number of nitrogens with two attached hydrogens (primary N) is 1. The number of ether oxygens (including phenoxy) is 1. The molecule has 1 heterocycles. The highest BCUT2D eigenvalue weighted by atomic mass is 16.5. The van der Waals surface area contributed by atoms with E-state index in [0.29, 0.717) is 11.7 Å². The van der Waals surface area contributed by atoms with Gasteiger partial charge in [-0.1, -0.05) is 18.2 Å². The van der Waals surface area contributed by atoms with Crippen molar-refractivity contribution < 1.29 is 9.15 Å². The van der Waals surface area contributed by atoms with Gasteiger partial charge >= 0.3 is 0 Å². The molecule has 1 unspecified atom stereocenters. The number of nitrogens with one attached hydrogen (secondary N) is 1. The second-order valence-corrected chi connectivity index (χ2v) is 4.93. The van der Waals surface area contributed by atoms with E-state index in [9.17, 15) is 0 Å². The largest absolute Gasteiger partial charge is 0.457 e. The van der Waals surface area contributed by atoms with Crippen LogP contribution in [0.2, 0.25) is 0 Å². The van der Waals surface area contributed by atoms with Crippen LogP contribution >= 0.6 is 0 Å². The number of anilines is 2. The maximum Gasteiger partial charge on any atom is 0.299 e. The molecule has 0 aliphatic rings. The van der Waals surface area contributed by atoms with Gasteiger partial charge in [-0.25, -0.2) is 0 Å². The minimum atomic E-state index is -0.152. The van der Waals surface area contributed by atoms with Crippen LogP contribution in [-0.4, -0.2) is 4.98 Å². The smallest absolute Gasteiger partial charge is 0.299 e. The number of benzene rings is 2. The molecule has 3 N–H and O–H groups in total. The zero-order valence-electron chi connectivity index (χ0n) is 12.2. The quantitative estimate of drug-likeness (QED) is 0.737. The van der Waals surface area contributed by atoms with Crippen LogP contribution in [0.5, 0.6) is 11.5 Å². The average molecular weight is 295 g/mol. The fourth-order valence-corrected chi connectivity index (χ4v) is 1.91. The zero-order chi connectivity index (χ0) is 15.4. The summed E-state index contributed by atoms with van der Waals surface area (Å²) in [5.74, 6) is 1.57. The molecule has 0 aliphatic heterocycles. The summed E-state index contributed by atoms with van der Waals surface area (Å²) in [4.78, 5) is 4.26. The number of rotatable bonds is 5. The van der Waals surface area contributed by atoms with Crippen LogP contribution in [0.25, 0.3) is 0 Å². The number of hydrogen-bond acceptors (Lipinski definition) is 5. The van der Waals surface area contributed by atoms with Crippen molar-refractivity contribution in [1.82, 2.24) is 4.98 Å². The summed E-state index contributed by atoms with van der Waals surface area (Å²) in [5.41, 5.74) is 7.32. The van der Waals surface area contributed by atoms with E-state index in [1.807, 2.05) is 61.5 Å². The molecular weight excluding hydrogens is 278 g/mol. The Morgan fingerprint density at radius 3 is 2.36 bits per heavy atom. The maximum absolute atomic E-state index is 5.75. The van der Waals surface area contributed by atoms with Gasteiger partial charge in [-0.3, -0.25) is 0 Å². The predicted octanol–water partition coefficient (Wildman–Crippen LogP) is 4.23. The molecule has 0 spiro atoms. The first kappa shape index (κ1) is 14.2. The highest BCUT2D eigenvalue weighted by molar-refractivity contribution is 5.54. The van der Waals surface area contributed by atoms with Gasteiger partial charge in [-0.2, -0.15) is 4.98 Å². The van der Waals surface area contributed by atoms with E-state index >= 15 is 0 Å². The first-order valence-electron chi connectivity index (χ1n) is 7.02. The van der Waals surface area contributed by atoms with Crippen LogP contribution in [0.3, 0.4) is 0 Å². The van der Waals surface area contributed by atoms with Gasteiger partial charge in [0.2, 0.25) is 0 Å². The second-order valence-electron chi connectivity index (χ2n) is 4.93. The van der Waals surface area contributed by atoms with Crippen molar-refractivity contribution in [2.75, 3.05) is 5.32 Å². The van der Waals surface area contributed by atoms with Crippen LogP contribution < -0.4 is 15.8 Å². The van der Waals surface area contributed by atoms with Gasteiger partial charge in [0.1, 0.15) is 17.8 Å². The Balaban J connectivity index is 1.66. The van der Waals surface area contributed by atoms with E-state index in [1.54, 1.807) is 6.26 Å². The Kier molecular flexibility index (Phi) is 4.07. The zero-order valence-corrected chi connectivity index (χ0v) is 12.2. The molecule has 0 saturated heterocycles. The van der Waals surface area contributed by atoms with E-state index in [2.05, 4.69) is 10.3 Å². The van der Waals surface area contributed by atoms with Crippen LogP contribution in [-0.2, 0) is 0 Å². The highest BCUT2D eigenvalue weighted by Gasteiger charge is 2.07. The third kappa shape index (κ3) is 3.45. The summed E-state index contributed by atoms with van der Waals surface area (Å²) >= 11 is 0. The molecule has 0 saturated carbocycles. The molecule has 5 nitrogen and oxygen atoms in total. The third-order valence-electron chi connectivity index (χ3n) is 3.07. The molecule has 2 aromatic carbocycles. The van der Waals surface area contributed by atoms with Crippen molar-refractivity contribution in [2.24, 2.45) is 5.73 Å². The molecule has 5 heteroatoms. The molecule has 3 aromatic rings. The predicted molar refractivity (Wildman–Crippen MR) is 85.3 cm³/mol. The van der Waals surface area contributed by atoms with Crippen LogP contribution in [0.15, 0.2) is 65.3 Å². The van der Waals surface area contributed by atoms with Crippen molar-refractivity contribution in [3.8, 4) is 11.5 Å². The molecule has 0 bridgehead atoms. The van der Waals surface area contributed by atoms with Crippen molar-refractivity contribution >= 4 is 11.7 Å². The van der Waals surface area contributed by atoms with E-state index in [0.717, 1.165) is 17.2 Å². The fraction of sp³-hybridized carbons (Fsp3) is 0.118. The van der Waals surface area contributed by atoms with Crippen molar-refractivity contribution in [1.29, 1.82) is 0 Å². The fourth-order valence-electron chi connectivity index (χ4n) is 1.91. The molecule has 3 rings (SSSR count). The summed E-state index contributed by atoms with van der Waals surface area (Å²) in [6.45, 7) is 1.86. The summed E-state index contributed by atoms with van der Waals surface area (Å²) in [5, 5.41) is 3.08. The van der Waals surface area contributed by atoms with E-state index in [1.165, 1.54) is 0 Å². The molecule has 0 radical (unpaired) electrons. The normalized spacial score (nSPS) is 11.9. The molecule has 112 valence electrons. The minimum Gasteiger partial charge on any atom is -0.457 e. The SMILES string of the molecule is CC(N)c1coc(Nc2ccc(Oc3ccccc3)cc2)n1. The molecule has 1 atom stereocenters. The lowest BCUT2D eigenvalue weighted by Gasteiger charge is -2.06. The monoisotopic (exact) mass is 295 g/mol. The van der Waals surface area contributed by atoms with Gasteiger partial charge < -0.3 is 20.2 Å². The number of para-hydroxylation sites is 1. The Morgan fingerprint density at radius 2 is 1.73 bits per heavy atom. The van der Waals surface area contributed by atoms with Gasteiger partial charge in [0, 0.05) is 11.7 Å². The topological polar surface area (TPSA) is 73.3 Å². The van der Waals surface area contributed by atoms with Gasteiger partial charge in [0.05, 0.1) is 5.69 Å². The standard InChI is InChI=1S/C17H17N3O2/c1-12(18)16-11-21-17(20-16)19-13-7-9-15(10-8-13)22-14-5-3-2-4-6-14/h2-12H,18H2,1H3,(H,19,20). The van der Waals surface area contributed by atoms with Crippen molar-refractivity contribution in [2.45, 2.75) is 13.0 Å². The lowest BCUT2D eigenvalue weighted by atomic mass is 10.3. The van der Waals surface area contributed by atoms with E-state index in [-0.39, 0.29) is 6.04 Å². The summed E-state index contributed by atoms with van der Waals surface area (Å²) in [6.07, 6.45) is 1.56. The number of aromatic nitrogens is 1. The van der Waals surface area contributed by atoms with Crippen LogP contribution in [0.1, 0.15) is 18.7 Å². The molecule has 22 heavy (non-hydrogen) atoms. The molecule has 0 amide bonds. The summed E-state index contributed by atoms with van der Waals surface area (Å²) < 4.78 is 11.1. The van der Waals surface area contributed by atoms with Crippen molar-refractivity contribution in [3.63, 3.8) is 0 Å². The Hall–Kier alpha value is -2.79. The van der Waals surface area contributed by atoms with Gasteiger partial charge in [-0.15, -0.1) is 0 Å². The number of nitrogens with zero attached hydrogens (tertiary/aromatic N) is 1. The average Bonchev–Trinajstić information content (AvgIpc) is 2.99. The lowest BCUT2D eigenvalue weighted by Crippen LogP contribution is -2.05. The van der Waals surface area contributed by atoms with Crippen molar-refractivity contribution in [3.05, 3.63) is 66.6 Å². The Morgan fingerprint density at radius 1 is 1.05 bits per heavy atom. The molecule has 1 aromatic heterocycles. The van der Waals surface area contributed by atoms with Gasteiger partial charge in [0.15, 0.2) is 0 Å². The maximum atomic E-state index is 5.75. The third-order valence-corrected chi connectivity index (χ3v) is 3.07.